The van der Waals surface area contributed by atoms with Crippen LogP contribution in [-0.4, -0.2) is 31.7 Å². The highest BCUT2D eigenvalue weighted by molar-refractivity contribution is 6.31. The Morgan fingerprint density at radius 2 is 2.06 bits per heavy atom. The summed E-state index contributed by atoms with van der Waals surface area (Å²) in [6.45, 7) is 4.46. The fourth-order valence-corrected chi connectivity index (χ4v) is 1.57. The lowest BCUT2D eigenvalue weighted by Crippen LogP contribution is -2.09. The fraction of sp³-hybridized carbons (Fsp3) is 0.400. The van der Waals surface area contributed by atoms with Gasteiger partial charge >= 0.3 is 0 Å². The number of hydrogen-bond acceptors (Lipinski definition) is 5. The summed E-state index contributed by atoms with van der Waals surface area (Å²) < 4.78 is 0. The minimum Gasteiger partial charge on any atom is -0.367 e. The topological polar surface area (TPSA) is 79.4 Å². The number of aromatic amines is 1. The van der Waals surface area contributed by atoms with Gasteiger partial charge in [-0.25, -0.2) is 15.0 Å². The number of aryl methyl sites for hydroxylation is 2. The second-order valence-corrected chi connectivity index (χ2v) is 4.00. The molecular weight excluding hydrogens is 240 g/mol. The van der Waals surface area contributed by atoms with E-state index in [9.17, 15) is 0 Å². The maximum atomic E-state index is 5.99. The molecule has 0 fully saturated rings. The van der Waals surface area contributed by atoms with Crippen LogP contribution in [0.1, 0.15) is 17.2 Å². The molecule has 0 aromatic carbocycles. The molecule has 2 N–H and O–H groups in total. The third-order valence-corrected chi connectivity index (χ3v) is 2.65. The van der Waals surface area contributed by atoms with Gasteiger partial charge < -0.3 is 5.32 Å². The molecule has 0 atom stereocenters. The van der Waals surface area contributed by atoms with Crippen LogP contribution < -0.4 is 5.32 Å². The van der Waals surface area contributed by atoms with E-state index in [0.717, 1.165) is 23.6 Å². The first-order valence-corrected chi connectivity index (χ1v) is 5.63. The summed E-state index contributed by atoms with van der Waals surface area (Å²) in [5.74, 6) is 1.43. The van der Waals surface area contributed by atoms with Crippen molar-refractivity contribution < 1.29 is 0 Å². The maximum Gasteiger partial charge on any atom is 0.171 e. The smallest absolute Gasteiger partial charge is 0.171 e. The van der Waals surface area contributed by atoms with E-state index in [2.05, 4.69) is 30.5 Å². The Balaban J connectivity index is 1.97. The van der Waals surface area contributed by atoms with Crippen molar-refractivity contribution in [2.45, 2.75) is 20.3 Å². The van der Waals surface area contributed by atoms with Crippen LogP contribution in [0.4, 0.5) is 5.82 Å². The van der Waals surface area contributed by atoms with Crippen molar-refractivity contribution in [2.24, 2.45) is 0 Å². The molecular formula is C10H13ClN6. The third kappa shape index (κ3) is 2.91. The molecule has 0 amide bonds. The first kappa shape index (κ1) is 11.8. The highest BCUT2D eigenvalue weighted by Crippen LogP contribution is 2.18. The fourth-order valence-electron chi connectivity index (χ4n) is 1.34. The predicted octanol–water partition coefficient (Wildman–Crippen LogP) is 1.52. The molecule has 2 heterocycles. The molecule has 0 saturated heterocycles. The molecule has 2 aromatic rings. The number of aromatic nitrogens is 5. The predicted molar refractivity (Wildman–Crippen MR) is 65.1 cm³/mol. The van der Waals surface area contributed by atoms with E-state index in [4.69, 9.17) is 11.6 Å². The monoisotopic (exact) mass is 252 g/mol. The number of nitrogens with zero attached hydrogens (tertiary/aromatic N) is 4. The number of H-pyrrole nitrogens is 1. The van der Waals surface area contributed by atoms with Gasteiger partial charge in [0.05, 0.1) is 11.4 Å². The normalized spacial score (nSPS) is 10.5. The molecule has 0 unspecified atom stereocenters. The van der Waals surface area contributed by atoms with Crippen LogP contribution in [0, 0.1) is 13.8 Å². The molecule has 0 aliphatic carbocycles. The van der Waals surface area contributed by atoms with Crippen LogP contribution in [0.5, 0.6) is 0 Å². The lowest BCUT2D eigenvalue weighted by Gasteiger charge is -2.08. The summed E-state index contributed by atoms with van der Waals surface area (Å²) in [6, 6.07) is 0. The molecule has 17 heavy (non-hydrogen) atoms. The first-order valence-electron chi connectivity index (χ1n) is 5.25. The second kappa shape index (κ2) is 5.09. The SMILES string of the molecule is Cc1nc(Cl)c(NCCc2ncn[nH]2)nc1C. The zero-order valence-electron chi connectivity index (χ0n) is 9.66. The molecule has 0 aliphatic rings. The number of hydrogen-bond donors (Lipinski definition) is 2. The average Bonchev–Trinajstić information content (AvgIpc) is 2.78. The lowest BCUT2D eigenvalue weighted by molar-refractivity contribution is 0.892. The van der Waals surface area contributed by atoms with Gasteiger partial charge in [0.2, 0.25) is 0 Å². The van der Waals surface area contributed by atoms with Gasteiger partial charge in [-0.3, -0.25) is 5.10 Å². The van der Waals surface area contributed by atoms with Crippen molar-refractivity contribution in [3.8, 4) is 0 Å². The van der Waals surface area contributed by atoms with E-state index in [1.165, 1.54) is 6.33 Å². The van der Waals surface area contributed by atoms with Gasteiger partial charge in [0, 0.05) is 13.0 Å². The molecule has 0 aliphatic heterocycles. The summed E-state index contributed by atoms with van der Waals surface area (Å²) in [6.07, 6.45) is 2.21. The Morgan fingerprint density at radius 3 is 2.76 bits per heavy atom. The van der Waals surface area contributed by atoms with Crippen molar-refractivity contribution in [3.63, 3.8) is 0 Å². The summed E-state index contributed by atoms with van der Waals surface area (Å²) in [7, 11) is 0. The molecule has 0 saturated carbocycles. The van der Waals surface area contributed by atoms with Gasteiger partial charge in [0.1, 0.15) is 12.2 Å². The van der Waals surface area contributed by atoms with Crippen molar-refractivity contribution in [3.05, 3.63) is 28.7 Å². The molecule has 2 rings (SSSR count). The summed E-state index contributed by atoms with van der Waals surface area (Å²) in [4.78, 5) is 12.6. The van der Waals surface area contributed by atoms with E-state index in [1.54, 1.807) is 0 Å². The van der Waals surface area contributed by atoms with Gasteiger partial charge in [-0.2, -0.15) is 5.10 Å². The van der Waals surface area contributed by atoms with Crippen LogP contribution in [0.15, 0.2) is 6.33 Å². The summed E-state index contributed by atoms with van der Waals surface area (Å²) >= 11 is 5.99. The second-order valence-electron chi connectivity index (χ2n) is 3.64. The minimum absolute atomic E-state index is 0.394. The zero-order chi connectivity index (χ0) is 12.3. The van der Waals surface area contributed by atoms with Crippen molar-refractivity contribution in [1.82, 2.24) is 25.1 Å². The lowest BCUT2D eigenvalue weighted by atomic mass is 10.3. The van der Waals surface area contributed by atoms with Gasteiger partial charge in [-0.15, -0.1) is 0 Å². The van der Waals surface area contributed by atoms with Crippen molar-refractivity contribution in [1.29, 1.82) is 0 Å². The van der Waals surface area contributed by atoms with Crippen LogP contribution in [0.2, 0.25) is 5.15 Å². The number of anilines is 1. The van der Waals surface area contributed by atoms with Crippen LogP contribution in [-0.2, 0) is 6.42 Å². The third-order valence-electron chi connectivity index (χ3n) is 2.38. The Kier molecular flexibility index (Phi) is 3.53. The molecule has 0 spiro atoms. The highest BCUT2D eigenvalue weighted by Gasteiger charge is 2.06. The molecule has 0 bridgehead atoms. The molecule has 6 nitrogen and oxygen atoms in total. The maximum absolute atomic E-state index is 5.99. The zero-order valence-corrected chi connectivity index (χ0v) is 10.4. The van der Waals surface area contributed by atoms with Gasteiger partial charge in [0.15, 0.2) is 11.0 Å². The average molecular weight is 253 g/mol. The van der Waals surface area contributed by atoms with Crippen LogP contribution in [0.3, 0.4) is 0 Å². The first-order chi connectivity index (χ1) is 8.16. The number of halogens is 1. The highest BCUT2D eigenvalue weighted by atomic mass is 35.5. The number of rotatable bonds is 4. The summed E-state index contributed by atoms with van der Waals surface area (Å²) in [5, 5.41) is 10.1. The largest absolute Gasteiger partial charge is 0.367 e. The Bertz CT molecular complexity index is 496. The Morgan fingerprint density at radius 1 is 1.29 bits per heavy atom. The molecule has 2 aromatic heterocycles. The van der Waals surface area contributed by atoms with E-state index >= 15 is 0 Å². The van der Waals surface area contributed by atoms with Crippen molar-refractivity contribution in [2.75, 3.05) is 11.9 Å². The quantitative estimate of drug-likeness (QED) is 0.863. The molecule has 90 valence electrons. The van der Waals surface area contributed by atoms with E-state index in [-0.39, 0.29) is 0 Å². The van der Waals surface area contributed by atoms with Crippen LogP contribution >= 0.6 is 11.6 Å². The van der Waals surface area contributed by atoms with Crippen molar-refractivity contribution >= 4 is 17.4 Å². The minimum atomic E-state index is 0.394. The van der Waals surface area contributed by atoms with E-state index < -0.39 is 0 Å². The van der Waals surface area contributed by atoms with Gasteiger partial charge in [-0.1, -0.05) is 11.6 Å². The Labute approximate surface area is 104 Å². The van der Waals surface area contributed by atoms with Crippen LogP contribution in [0.25, 0.3) is 0 Å². The van der Waals surface area contributed by atoms with E-state index in [1.807, 2.05) is 13.8 Å². The van der Waals surface area contributed by atoms with E-state index in [0.29, 0.717) is 17.5 Å². The Hall–Kier alpha value is -1.69. The summed E-state index contributed by atoms with van der Waals surface area (Å²) in [5.41, 5.74) is 1.72. The number of nitrogens with one attached hydrogen (secondary N) is 2. The van der Waals surface area contributed by atoms with Gasteiger partial charge in [-0.05, 0) is 13.8 Å². The standard InChI is InChI=1S/C10H13ClN6/c1-6-7(2)16-10(9(11)15-6)12-4-3-8-13-5-14-17-8/h5H,3-4H2,1-2H3,(H,12,16)(H,13,14,17). The molecule has 7 heteroatoms. The van der Waals surface area contributed by atoms with Gasteiger partial charge in [0.25, 0.3) is 0 Å². The molecule has 0 radical (unpaired) electrons.